The fourth-order valence-corrected chi connectivity index (χ4v) is 2.31. The van der Waals surface area contributed by atoms with Crippen molar-refractivity contribution in [2.24, 2.45) is 0 Å². The first-order valence-electron chi connectivity index (χ1n) is 6.88. The van der Waals surface area contributed by atoms with Crippen LogP contribution in [-0.4, -0.2) is 58.3 Å². The molecule has 0 aliphatic carbocycles. The minimum atomic E-state index is 0.588. The Morgan fingerprint density at radius 3 is 2.71 bits per heavy atom. The van der Waals surface area contributed by atoms with E-state index in [4.69, 9.17) is 9.26 Å². The maximum atomic E-state index is 5.13. The van der Waals surface area contributed by atoms with Crippen molar-refractivity contribution in [3.05, 3.63) is 24.0 Å². The van der Waals surface area contributed by atoms with Gasteiger partial charge < -0.3 is 14.2 Å². The lowest BCUT2D eigenvalue weighted by Gasteiger charge is -2.33. The Balaban J connectivity index is 1.57. The van der Waals surface area contributed by atoms with Crippen LogP contribution in [0.5, 0.6) is 5.88 Å². The normalized spacial score (nSPS) is 16.2. The molecule has 3 rings (SSSR count). The Kier molecular flexibility index (Phi) is 3.96. The van der Waals surface area contributed by atoms with Gasteiger partial charge in [-0.3, -0.25) is 4.90 Å². The minimum Gasteiger partial charge on any atom is -0.481 e. The Morgan fingerprint density at radius 1 is 1.24 bits per heavy atom. The van der Waals surface area contributed by atoms with E-state index in [2.05, 4.69) is 29.9 Å². The van der Waals surface area contributed by atoms with Crippen LogP contribution in [0.15, 0.2) is 16.8 Å². The molecular formula is C13H18N6O2. The van der Waals surface area contributed by atoms with Crippen LogP contribution in [0.3, 0.4) is 0 Å². The van der Waals surface area contributed by atoms with Crippen LogP contribution >= 0.6 is 0 Å². The Morgan fingerprint density at radius 2 is 2.05 bits per heavy atom. The first-order chi connectivity index (χ1) is 10.2. The maximum absolute atomic E-state index is 5.13. The second-order valence-corrected chi connectivity index (χ2v) is 4.89. The summed E-state index contributed by atoms with van der Waals surface area (Å²) in [5.74, 6) is 2.64. The molecule has 0 unspecified atom stereocenters. The maximum Gasteiger partial charge on any atom is 0.228 e. The number of aromatic nitrogens is 4. The van der Waals surface area contributed by atoms with E-state index in [1.54, 1.807) is 26.3 Å². The molecule has 0 bridgehead atoms. The predicted molar refractivity (Wildman–Crippen MR) is 75.1 cm³/mol. The summed E-state index contributed by atoms with van der Waals surface area (Å²) in [5, 5.41) is 3.93. The lowest BCUT2D eigenvalue weighted by atomic mass is 10.3. The lowest BCUT2D eigenvalue weighted by Crippen LogP contribution is -2.46. The molecule has 0 spiro atoms. The van der Waals surface area contributed by atoms with E-state index in [9.17, 15) is 0 Å². The van der Waals surface area contributed by atoms with Crippen molar-refractivity contribution in [3.63, 3.8) is 0 Å². The number of nitrogens with zero attached hydrogens (tertiary/aromatic N) is 6. The van der Waals surface area contributed by atoms with Gasteiger partial charge in [-0.2, -0.15) is 9.97 Å². The van der Waals surface area contributed by atoms with Crippen LogP contribution in [0.4, 0.5) is 5.95 Å². The third-order valence-corrected chi connectivity index (χ3v) is 3.42. The average molecular weight is 290 g/mol. The summed E-state index contributed by atoms with van der Waals surface area (Å²) in [4.78, 5) is 17.3. The van der Waals surface area contributed by atoms with Crippen molar-refractivity contribution in [2.45, 2.75) is 13.5 Å². The third kappa shape index (κ3) is 3.27. The Hall–Kier alpha value is -2.22. The zero-order valence-corrected chi connectivity index (χ0v) is 12.2. The standard InChI is InChI=1S/C13H18N6O2/c1-10-15-11(17-21-10)9-18-5-7-19(8-6-18)13-14-4-3-12(16-13)20-2/h3-4H,5-9H2,1-2H3. The molecule has 0 N–H and O–H groups in total. The highest BCUT2D eigenvalue weighted by molar-refractivity contribution is 5.32. The van der Waals surface area contributed by atoms with Gasteiger partial charge in [0, 0.05) is 45.4 Å². The van der Waals surface area contributed by atoms with Crippen LogP contribution in [-0.2, 0) is 6.54 Å². The van der Waals surface area contributed by atoms with Crippen molar-refractivity contribution >= 4 is 5.95 Å². The predicted octanol–water partition coefficient (Wildman–Crippen LogP) is 0.499. The van der Waals surface area contributed by atoms with Crippen molar-refractivity contribution in [1.82, 2.24) is 25.0 Å². The highest BCUT2D eigenvalue weighted by Gasteiger charge is 2.20. The average Bonchev–Trinajstić information content (AvgIpc) is 2.93. The first-order valence-corrected chi connectivity index (χ1v) is 6.88. The van der Waals surface area contributed by atoms with E-state index in [1.165, 1.54) is 0 Å². The molecule has 8 nitrogen and oxygen atoms in total. The van der Waals surface area contributed by atoms with Crippen LogP contribution in [0.2, 0.25) is 0 Å². The lowest BCUT2D eigenvalue weighted by molar-refractivity contribution is 0.238. The molecule has 8 heteroatoms. The smallest absolute Gasteiger partial charge is 0.228 e. The molecule has 0 atom stereocenters. The van der Waals surface area contributed by atoms with E-state index < -0.39 is 0 Å². The van der Waals surface area contributed by atoms with Crippen LogP contribution in [0.1, 0.15) is 11.7 Å². The third-order valence-electron chi connectivity index (χ3n) is 3.42. The number of aryl methyl sites for hydroxylation is 1. The van der Waals surface area contributed by atoms with Crippen molar-refractivity contribution < 1.29 is 9.26 Å². The molecule has 0 radical (unpaired) electrons. The highest BCUT2D eigenvalue weighted by atomic mass is 16.5. The molecular weight excluding hydrogens is 272 g/mol. The molecule has 1 fully saturated rings. The molecule has 2 aromatic rings. The summed E-state index contributed by atoms with van der Waals surface area (Å²) in [6.07, 6.45) is 1.72. The van der Waals surface area contributed by atoms with Gasteiger partial charge in [0.15, 0.2) is 5.82 Å². The number of piperazine rings is 1. The number of rotatable bonds is 4. The van der Waals surface area contributed by atoms with Gasteiger partial charge in [-0.05, 0) is 0 Å². The van der Waals surface area contributed by atoms with Gasteiger partial charge in [0.1, 0.15) is 0 Å². The zero-order chi connectivity index (χ0) is 14.7. The Labute approximate surface area is 122 Å². The van der Waals surface area contributed by atoms with Crippen LogP contribution < -0.4 is 9.64 Å². The largest absolute Gasteiger partial charge is 0.481 e. The molecule has 3 heterocycles. The molecule has 1 aliphatic rings. The van der Waals surface area contributed by atoms with Crippen LogP contribution in [0.25, 0.3) is 0 Å². The summed E-state index contributed by atoms with van der Waals surface area (Å²) in [6.45, 7) is 6.06. The molecule has 0 amide bonds. The summed E-state index contributed by atoms with van der Waals surface area (Å²) in [7, 11) is 1.61. The van der Waals surface area contributed by atoms with E-state index >= 15 is 0 Å². The summed E-state index contributed by atoms with van der Waals surface area (Å²) in [6, 6.07) is 1.75. The number of anilines is 1. The van der Waals surface area contributed by atoms with Gasteiger partial charge in [0.25, 0.3) is 0 Å². The molecule has 1 aliphatic heterocycles. The number of methoxy groups -OCH3 is 1. The van der Waals surface area contributed by atoms with E-state index in [0.717, 1.165) is 32.0 Å². The number of hydrogen-bond acceptors (Lipinski definition) is 8. The monoisotopic (exact) mass is 290 g/mol. The van der Waals surface area contributed by atoms with Crippen LogP contribution in [0, 0.1) is 6.92 Å². The molecule has 0 saturated carbocycles. The molecule has 112 valence electrons. The molecule has 21 heavy (non-hydrogen) atoms. The van der Waals surface area contributed by atoms with Crippen molar-refractivity contribution in [3.8, 4) is 5.88 Å². The van der Waals surface area contributed by atoms with Gasteiger partial charge in [-0.15, -0.1) is 0 Å². The van der Waals surface area contributed by atoms with E-state index in [0.29, 0.717) is 24.3 Å². The number of hydrogen-bond donors (Lipinski definition) is 0. The highest BCUT2D eigenvalue weighted by Crippen LogP contribution is 2.15. The fourth-order valence-electron chi connectivity index (χ4n) is 2.31. The molecule has 0 aromatic carbocycles. The van der Waals surface area contributed by atoms with Gasteiger partial charge in [0.2, 0.25) is 17.7 Å². The van der Waals surface area contributed by atoms with Gasteiger partial charge in [-0.25, -0.2) is 4.98 Å². The second kappa shape index (κ2) is 6.04. The fraction of sp³-hybridized carbons (Fsp3) is 0.538. The minimum absolute atomic E-state index is 0.588. The summed E-state index contributed by atoms with van der Waals surface area (Å²) < 4.78 is 10.1. The van der Waals surface area contributed by atoms with Gasteiger partial charge >= 0.3 is 0 Å². The molecule has 2 aromatic heterocycles. The molecule has 1 saturated heterocycles. The van der Waals surface area contributed by atoms with E-state index in [1.807, 2.05) is 0 Å². The quantitative estimate of drug-likeness (QED) is 0.805. The number of ether oxygens (including phenoxy) is 1. The van der Waals surface area contributed by atoms with Crippen molar-refractivity contribution in [2.75, 3.05) is 38.2 Å². The zero-order valence-electron chi connectivity index (χ0n) is 12.2. The summed E-state index contributed by atoms with van der Waals surface area (Å²) in [5.41, 5.74) is 0. The summed E-state index contributed by atoms with van der Waals surface area (Å²) >= 11 is 0. The topological polar surface area (TPSA) is 80.4 Å². The second-order valence-electron chi connectivity index (χ2n) is 4.89. The SMILES string of the molecule is COc1ccnc(N2CCN(Cc3noc(C)n3)CC2)n1. The van der Waals surface area contributed by atoms with Crippen molar-refractivity contribution in [1.29, 1.82) is 0 Å². The van der Waals surface area contributed by atoms with Gasteiger partial charge in [-0.1, -0.05) is 5.16 Å². The van der Waals surface area contributed by atoms with Gasteiger partial charge in [0.05, 0.1) is 13.7 Å². The Bertz CT molecular complexity index is 594. The van der Waals surface area contributed by atoms with E-state index in [-0.39, 0.29) is 0 Å². The first kappa shape index (κ1) is 13.7.